The molecule has 0 radical (unpaired) electrons. The van der Waals surface area contributed by atoms with Crippen LogP contribution < -0.4 is 4.90 Å². The fourth-order valence-corrected chi connectivity index (χ4v) is 4.56. The van der Waals surface area contributed by atoms with Crippen LogP contribution in [0.2, 0.25) is 0 Å². The predicted molar refractivity (Wildman–Crippen MR) is 128 cm³/mol. The van der Waals surface area contributed by atoms with Gasteiger partial charge in [-0.05, 0) is 63.2 Å². The Kier molecular flexibility index (Phi) is 6.11. The van der Waals surface area contributed by atoms with E-state index in [9.17, 15) is 9.59 Å². The van der Waals surface area contributed by atoms with E-state index in [0.717, 1.165) is 53.9 Å². The molecule has 1 saturated heterocycles. The van der Waals surface area contributed by atoms with E-state index in [1.165, 1.54) is 13.3 Å². The smallest absolute Gasteiger partial charge is 0.223 e. The number of hydrogen-bond donors (Lipinski definition) is 0. The van der Waals surface area contributed by atoms with E-state index in [1.807, 2.05) is 37.3 Å². The molecule has 0 spiro atoms. The van der Waals surface area contributed by atoms with Gasteiger partial charge in [0, 0.05) is 42.0 Å². The zero-order chi connectivity index (χ0) is 22.8. The maximum absolute atomic E-state index is 13.5. The molecule has 1 amide bonds. The summed E-state index contributed by atoms with van der Waals surface area (Å²) >= 11 is 0. The summed E-state index contributed by atoms with van der Waals surface area (Å²) in [4.78, 5) is 32.8. The van der Waals surface area contributed by atoms with E-state index in [-0.39, 0.29) is 11.7 Å². The van der Waals surface area contributed by atoms with Crippen molar-refractivity contribution >= 4 is 34.0 Å². The van der Waals surface area contributed by atoms with Gasteiger partial charge in [0.1, 0.15) is 0 Å². The Labute approximate surface area is 188 Å². The molecule has 0 saturated carbocycles. The summed E-state index contributed by atoms with van der Waals surface area (Å²) < 4.78 is 2.07. The van der Waals surface area contributed by atoms with Gasteiger partial charge >= 0.3 is 0 Å². The Bertz CT molecular complexity index is 1210. The van der Waals surface area contributed by atoms with Crippen LogP contribution in [-0.4, -0.2) is 47.8 Å². The van der Waals surface area contributed by atoms with Crippen LogP contribution in [0.15, 0.2) is 42.5 Å². The molecule has 6 heteroatoms. The Hall–Kier alpha value is -3.43. The third kappa shape index (κ3) is 4.04. The Morgan fingerprint density at radius 3 is 2.38 bits per heavy atom. The Morgan fingerprint density at radius 1 is 1.06 bits per heavy atom. The summed E-state index contributed by atoms with van der Waals surface area (Å²) in [5, 5.41) is 0.851. The maximum Gasteiger partial charge on any atom is 0.223 e. The Balaban J connectivity index is 1.86. The monoisotopic (exact) mass is 428 g/mol. The number of rotatable bonds is 5. The predicted octanol–water partition coefficient (Wildman–Crippen LogP) is 5.14. The zero-order valence-electron chi connectivity index (χ0n) is 18.9. The van der Waals surface area contributed by atoms with Gasteiger partial charge in [-0.25, -0.2) is 4.85 Å². The maximum atomic E-state index is 13.5. The SMILES string of the molecule is [C-]#[N+]c1ccc(-n2c(C)c(C(=O)CN3CCCCC3)c3cc(N(C)C(C)=O)ccc32)cc1. The van der Waals surface area contributed by atoms with Crippen molar-refractivity contribution in [3.63, 3.8) is 0 Å². The number of piperidine rings is 1. The molecule has 0 aliphatic carbocycles. The first-order chi connectivity index (χ1) is 15.4. The van der Waals surface area contributed by atoms with Crippen LogP contribution in [0.5, 0.6) is 0 Å². The summed E-state index contributed by atoms with van der Waals surface area (Å²) in [6, 6.07) is 13.2. The number of fused-ring (bicyclic) bond motifs is 1. The number of hydrogen-bond acceptors (Lipinski definition) is 3. The molecule has 1 fully saturated rings. The second-order valence-electron chi connectivity index (χ2n) is 8.46. The molecular formula is C26H28N4O2. The number of likely N-dealkylation sites (tertiary alicyclic amines) is 1. The van der Waals surface area contributed by atoms with Gasteiger partial charge in [0.25, 0.3) is 0 Å². The third-order valence-electron chi connectivity index (χ3n) is 6.38. The summed E-state index contributed by atoms with van der Waals surface area (Å²) in [7, 11) is 1.74. The van der Waals surface area contributed by atoms with Crippen LogP contribution in [0.1, 0.15) is 42.2 Å². The van der Waals surface area contributed by atoms with E-state index in [4.69, 9.17) is 6.57 Å². The molecule has 0 unspecified atom stereocenters. The molecule has 164 valence electrons. The minimum Gasteiger partial charge on any atom is -0.316 e. The quantitative estimate of drug-likeness (QED) is 0.418. The molecule has 3 aromatic rings. The van der Waals surface area contributed by atoms with Crippen molar-refractivity contribution in [1.82, 2.24) is 9.47 Å². The van der Waals surface area contributed by atoms with Gasteiger partial charge in [0.05, 0.1) is 18.6 Å². The fourth-order valence-electron chi connectivity index (χ4n) is 4.56. The number of amides is 1. The molecule has 6 nitrogen and oxygen atoms in total. The van der Waals surface area contributed by atoms with E-state index in [0.29, 0.717) is 17.8 Å². The number of anilines is 1. The second kappa shape index (κ2) is 8.97. The number of ketones is 1. The van der Waals surface area contributed by atoms with Crippen LogP contribution in [0, 0.1) is 13.5 Å². The Morgan fingerprint density at radius 2 is 1.75 bits per heavy atom. The number of benzene rings is 2. The molecule has 0 atom stereocenters. The highest BCUT2D eigenvalue weighted by molar-refractivity contribution is 6.12. The summed E-state index contributed by atoms with van der Waals surface area (Å²) in [5.41, 5.74) is 4.75. The normalized spacial score (nSPS) is 14.3. The molecule has 2 aromatic carbocycles. The average molecular weight is 429 g/mol. The van der Waals surface area contributed by atoms with E-state index < -0.39 is 0 Å². The van der Waals surface area contributed by atoms with E-state index in [2.05, 4.69) is 14.3 Å². The van der Waals surface area contributed by atoms with Crippen molar-refractivity contribution in [2.45, 2.75) is 33.1 Å². The molecule has 1 aliphatic heterocycles. The van der Waals surface area contributed by atoms with Crippen LogP contribution in [0.4, 0.5) is 11.4 Å². The number of Topliss-reactive ketones (excluding diaryl/α,β-unsaturated/α-hetero) is 1. The lowest BCUT2D eigenvalue weighted by Gasteiger charge is -2.25. The summed E-state index contributed by atoms with van der Waals surface area (Å²) in [6.07, 6.45) is 3.49. The molecule has 32 heavy (non-hydrogen) atoms. The lowest BCUT2D eigenvalue weighted by Crippen LogP contribution is -2.34. The second-order valence-corrected chi connectivity index (χ2v) is 8.46. The first-order valence-electron chi connectivity index (χ1n) is 11.0. The molecule has 0 bridgehead atoms. The van der Waals surface area contributed by atoms with Crippen molar-refractivity contribution in [3.05, 3.63) is 65.1 Å². The van der Waals surface area contributed by atoms with Crippen LogP contribution in [0.3, 0.4) is 0 Å². The highest BCUT2D eigenvalue weighted by Gasteiger charge is 2.24. The zero-order valence-corrected chi connectivity index (χ0v) is 18.9. The molecule has 2 heterocycles. The van der Waals surface area contributed by atoms with E-state index in [1.54, 1.807) is 24.1 Å². The summed E-state index contributed by atoms with van der Waals surface area (Å²) in [5.74, 6) is 0.0463. The van der Waals surface area contributed by atoms with Gasteiger partial charge in [0.15, 0.2) is 11.5 Å². The van der Waals surface area contributed by atoms with Gasteiger partial charge in [0.2, 0.25) is 5.91 Å². The van der Waals surface area contributed by atoms with Gasteiger partial charge in [-0.1, -0.05) is 18.6 Å². The molecule has 1 aromatic heterocycles. The van der Waals surface area contributed by atoms with Crippen molar-refractivity contribution in [3.8, 4) is 5.69 Å². The highest BCUT2D eigenvalue weighted by atomic mass is 16.2. The van der Waals surface area contributed by atoms with Crippen molar-refractivity contribution < 1.29 is 9.59 Å². The van der Waals surface area contributed by atoms with Gasteiger partial charge in [-0.15, -0.1) is 0 Å². The molecule has 4 rings (SSSR count). The van der Waals surface area contributed by atoms with Crippen LogP contribution in [0.25, 0.3) is 21.4 Å². The minimum absolute atomic E-state index is 0.0589. The molecule has 1 aliphatic rings. The largest absolute Gasteiger partial charge is 0.316 e. The van der Waals surface area contributed by atoms with E-state index >= 15 is 0 Å². The van der Waals surface area contributed by atoms with Crippen molar-refractivity contribution in [2.24, 2.45) is 0 Å². The number of aromatic nitrogens is 1. The van der Waals surface area contributed by atoms with Crippen molar-refractivity contribution in [2.75, 3.05) is 31.6 Å². The fraction of sp³-hybridized carbons (Fsp3) is 0.346. The van der Waals surface area contributed by atoms with Gasteiger partial charge in [-0.3, -0.25) is 14.5 Å². The average Bonchev–Trinajstić information content (AvgIpc) is 3.10. The van der Waals surface area contributed by atoms with Crippen molar-refractivity contribution in [1.29, 1.82) is 0 Å². The number of carbonyl (C=O) groups is 2. The topological polar surface area (TPSA) is 49.9 Å². The molecule has 0 N–H and O–H groups in total. The van der Waals surface area contributed by atoms with Crippen LogP contribution in [-0.2, 0) is 4.79 Å². The standard InChI is InChI=1S/C26H28N4O2/c1-18-26(25(32)17-29-14-6-5-7-15-29)23-16-22(28(4)19(2)31)12-13-24(23)30(18)21-10-8-20(27-3)9-11-21/h8-13,16H,5-7,14-15,17H2,1-2,4H3. The lowest BCUT2D eigenvalue weighted by atomic mass is 10.0. The number of nitrogens with zero attached hydrogens (tertiary/aromatic N) is 4. The third-order valence-corrected chi connectivity index (χ3v) is 6.38. The lowest BCUT2D eigenvalue weighted by molar-refractivity contribution is -0.116. The number of carbonyl (C=O) groups excluding carboxylic acids is 2. The van der Waals surface area contributed by atoms with Gasteiger partial charge in [-0.2, -0.15) is 0 Å². The first-order valence-corrected chi connectivity index (χ1v) is 11.0. The van der Waals surface area contributed by atoms with Crippen LogP contribution >= 0.6 is 0 Å². The summed E-state index contributed by atoms with van der Waals surface area (Å²) in [6.45, 7) is 13.0. The first kappa shape index (κ1) is 21.8. The molecular weight excluding hydrogens is 400 g/mol. The van der Waals surface area contributed by atoms with Gasteiger partial charge < -0.3 is 9.47 Å². The highest BCUT2D eigenvalue weighted by Crippen LogP contribution is 2.33. The minimum atomic E-state index is -0.0589.